The molecule has 0 aliphatic carbocycles. The van der Waals surface area contributed by atoms with Crippen LogP contribution in [0.15, 0.2) is 29.2 Å². The molecule has 0 aromatic heterocycles. The van der Waals surface area contributed by atoms with E-state index in [-0.39, 0.29) is 23.3 Å². The number of carbonyl (C=O) groups is 1. The van der Waals surface area contributed by atoms with Crippen LogP contribution in [0, 0.1) is 11.2 Å². The Morgan fingerprint density at radius 3 is 2.22 bits per heavy atom. The Morgan fingerprint density at radius 1 is 1.19 bits per heavy atom. The van der Waals surface area contributed by atoms with Crippen LogP contribution >= 0.6 is 0 Å². The van der Waals surface area contributed by atoms with Crippen molar-refractivity contribution in [1.29, 1.82) is 0 Å². The zero-order valence-electron chi connectivity index (χ0n) is 16.6. The summed E-state index contributed by atoms with van der Waals surface area (Å²) in [6.45, 7) is 10.4. The zero-order valence-corrected chi connectivity index (χ0v) is 17.4. The Morgan fingerprint density at radius 2 is 1.74 bits per heavy atom. The molecule has 1 saturated heterocycles. The quantitative estimate of drug-likeness (QED) is 0.542. The molecule has 0 bridgehead atoms. The minimum absolute atomic E-state index is 0.0532. The molecule has 7 heteroatoms. The third-order valence-electron chi connectivity index (χ3n) is 4.93. The van der Waals surface area contributed by atoms with E-state index in [0.717, 1.165) is 18.7 Å². The van der Waals surface area contributed by atoms with Crippen LogP contribution in [0.25, 0.3) is 0 Å². The Bertz CT molecular complexity index is 745. The molecule has 0 N–H and O–H groups in total. The highest BCUT2D eigenvalue weighted by molar-refractivity contribution is 7.92. The summed E-state index contributed by atoms with van der Waals surface area (Å²) in [5.74, 6) is -0.999. The number of ether oxygens (including phenoxy) is 1. The highest BCUT2D eigenvalue weighted by Crippen LogP contribution is 2.39. The molecular formula is C20H30FNO4S. The number of benzene rings is 1. The molecule has 0 saturated carbocycles. The Hall–Kier alpha value is -1.47. The first-order valence-corrected chi connectivity index (χ1v) is 10.9. The lowest BCUT2D eigenvalue weighted by Crippen LogP contribution is -2.51. The first-order chi connectivity index (χ1) is 12.5. The average Bonchev–Trinajstić information content (AvgIpc) is 2.56. The molecule has 0 amide bonds. The summed E-state index contributed by atoms with van der Waals surface area (Å²) in [6.07, 6.45) is 0.521. The van der Waals surface area contributed by atoms with Crippen LogP contribution in [0.4, 0.5) is 4.39 Å². The maximum Gasteiger partial charge on any atom is 0.307 e. The van der Waals surface area contributed by atoms with E-state index in [4.69, 9.17) is 4.74 Å². The predicted octanol–water partition coefficient (Wildman–Crippen LogP) is 3.43. The lowest BCUT2D eigenvalue weighted by Gasteiger charge is -2.42. The van der Waals surface area contributed by atoms with Crippen LogP contribution in [0.5, 0.6) is 0 Å². The number of sulfone groups is 1. The molecule has 5 nitrogen and oxygen atoms in total. The van der Waals surface area contributed by atoms with Gasteiger partial charge in [-0.05, 0) is 62.5 Å². The predicted molar refractivity (Wildman–Crippen MR) is 103 cm³/mol. The lowest BCUT2D eigenvalue weighted by atomic mass is 9.89. The molecule has 0 unspecified atom stereocenters. The van der Waals surface area contributed by atoms with Gasteiger partial charge >= 0.3 is 5.97 Å². The van der Waals surface area contributed by atoms with Crippen molar-refractivity contribution in [2.45, 2.75) is 56.6 Å². The minimum atomic E-state index is -3.82. The molecule has 27 heavy (non-hydrogen) atoms. The maximum absolute atomic E-state index is 13.4. The summed E-state index contributed by atoms with van der Waals surface area (Å²) >= 11 is 0. The zero-order chi connectivity index (χ0) is 20.3. The molecule has 1 aliphatic heterocycles. The lowest BCUT2D eigenvalue weighted by molar-refractivity contribution is -0.144. The van der Waals surface area contributed by atoms with Gasteiger partial charge in [-0.1, -0.05) is 20.8 Å². The van der Waals surface area contributed by atoms with Gasteiger partial charge in [0.1, 0.15) is 5.82 Å². The Balaban J connectivity index is 2.32. The van der Waals surface area contributed by atoms with Gasteiger partial charge in [0.05, 0.1) is 22.7 Å². The smallest absolute Gasteiger partial charge is 0.307 e. The fourth-order valence-electron chi connectivity index (χ4n) is 3.67. The van der Waals surface area contributed by atoms with Crippen molar-refractivity contribution in [2.75, 3.05) is 26.2 Å². The number of rotatable bonds is 6. The van der Waals surface area contributed by atoms with E-state index in [0.29, 0.717) is 25.9 Å². The van der Waals surface area contributed by atoms with Crippen LogP contribution in [-0.2, 0) is 19.4 Å². The maximum atomic E-state index is 13.4. The van der Waals surface area contributed by atoms with Gasteiger partial charge in [-0.25, -0.2) is 12.8 Å². The summed E-state index contributed by atoms with van der Waals surface area (Å²) in [4.78, 5) is 14.5. The van der Waals surface area contributed by atoms with Gasteiger partial charge in [0.25, 0.3) is 0 Å². The number of hydrogen-bond donors (Lipinski definition) is 0. The van der Waals surface area contributed by atoms with Gasteiger partial charge in [0, 0.05) is 6.54 Å². The third-order valence-corrected chi connectivity index (χ3v) is 7.52. The minimum Gasteiger partial charge on any atom is -0.466 e. The standard InChI is InChI=1S/C20H30FNO4S/c1-5-26-18(23)14-20(10-12-22(13-11-20)15-19(2,3)4)27(24,25)17-8-6-16(21)7-9-17/h6-9H,5,10-15H2,1-4H3. The summed E-state index contributed by atoms with van der Waals surface area (Å²) in [6, 6.07) is 4.83. The van der Waals surface area contributed by atoms with E-state index in [9.17, 15) is 17.6 Å². The van der Waals surface area contributed by atoms with Gasteiger partial charge < -0.3 is 9.64 Å². The van der Waals surface area contributed by atoms with Crippen LogP contribution in [0.3, 0.4) is 0 Å². The van der Waals surface area contributed by atoms with Crippen molar-refractivity contribution in [3.63, 3.8) is 0 Å². The Labute approximate surface area is 161 Å². The molecule has 0 spiro atoms. The molecule has 1 fully saturated rings. The molecule has 1 aromatic carbocycles. The summed E-state index contributed by atoms with van der Waals surface area (Å²) < 4.78 is 43.9. The normalized spacial score (nSPS) is 18.3. The number of nitrogens with zero attached hydrogens (tertiary/aromatic N) is 1. The van der Waals surface area contributed by atoms with Gasteiger partial charge in [-0.15, -0.1) is 0 Å². The fraction of sp³-hybridized carbons (Fsp3) is 0.650. The van der Waals surface area contributed by atoms with Gasteiger partial charge in [-0.2, -0.15) is 0 Å². The first kappa shape index (κ1) is 21.8. The van der Waals surface area contributed by atoms with Crippen molar-refractivity contribution in [2.24, 2.45) is 5.41 Å². The third kappa shape index (κ3) is 5.29. The van der Waals surface area contributed by atoms with Crippen molar-refractivity contribution < 1.29 is 22.3 Å². The number of likely N-dealkylation sites (tertiary alicyclic amines) is 1. The first-order valence-electron chi connectivity index (χ1n) is 9.37. The number of carbonyl (C=O) groups excluding carboxylic acids is 1. The highest BCUT2D eigenvalue weighted by Gasteiger charge is 2.48. The number of piperidine rings is 1. The second kappa shape index (κ2) is 8.27. The molecule has 1 aliphatic rings. The molecule has 152 valence electrons. The van der Waals surface area contributed by atoms with Crippen molar-refractivity contribution in [3.8, 4) is 0 Å². The molecule has 1 heterocycles. The number of halogens is 1. The van der Waals surface area contributed by atoms with Crippen LogP contribution in [0.2, 0.25) is 0 Å². The average molecular weight is 400 g/mol. The SMILES string of the molecule is CCOC(=O)CC1(S(=O)(=O)c2ccc(F)cc2)CCN(CC(C)(C)C)CC1. The molecule has 0 atom stereocenters. The molecule has 2 rings (SSSR count). The second-order valence-electron chi connectivity index (χ2n) is 8.46. The van der Waals surface area contributed by atoms with Gasteiger partial charge in [-0.3, -0.25) is 4.79 Å². The van der Waals surface area contributed by atoms with Crippen molar-refractivity contribution >= 4 is 15.8 Å². The summed E-state index contributed by atoms with van der Waals surface area (Å²) in [7, 11) is -3.82. The van der Waals surface area contributed by atoms with Crippen LogP contribution in [0.1, 0.15) is 47.0 Å². The largest absolute Gasteiger partial charge is 0.466 e. The summed E-state index contributed by atoms with van der Waals surface area (Å²) in [5, 5.41) is 0. The van der Waals surface area contributed by atoms with E-state index in [1.54, 1.807) is 6.92 Å². The fourth-order valence-corrected chi connectivity index (χ4v) is 5.69. The van der Waals surface area contributed by atoms with E-state index in [2.05, 4.69) is 25.7 Å². The van der Waals surface area contributed by atoms with E-state index in [1.165, 1.54) is 12.1 Å². The summed E-state index contributed by atoms with van der Waals surface area (Å²) in [5.41, 5.74) is 0.108. The second-order valence-corrected chi connectivity index (χ2v) is 10.8. The Kier molecular flexibility index (Phi) is 6.68. The topological polar surface area (TPSA) is 63.7 Å². The molecule has 0 radical (unpaired) electrons. The highest BCUT2D eigenvalue weighted by atomic mass is 32.2. The molecule has 1 aromatic rings. The van der Waals surface area contributed by atoms with E-state index >= 15 is 0 Å². The van der Waals surface area contributed by atoms with Crippen LogP contribution < -0.4 is 0 Å². The van der Waals surface area contributed by atoms with Gasteiger partial charge in [0.15, 0.2) is 9.84 Å². The van der Waals surface area contributed by atoms with E-state index < -0.39 is 26.4 Å². The van der Waals surface area contributed by atoms with Crippen molar-refractivity contribution in [3.05, 3.63) is 30.1 Å². The number of hydrogen-bond acceptors (Lipinski definition) is 5. The van der Waals surface area contributed by atoms with Crippen LogP contribution in [-0.4, -0.2) is 50.3 Å². The number of esters is 1. The molecular weight excluding hydrogens is 369 g/mol. The monoisotopic (exact) mass is 399 g/mol. The van der Waals surface area contributed by atoms with Gasteiger partial charge in [0.2, 0.25) is 0 Å². The van der Waals surface area contributed by atoms with E-state index in [1.807, 2.05) is 0 Å². The van der Waals surface area contributed by atoms with Crippen molar-refractivity contribution in [1.82, 2.24) is 4.90 Å².